The standard InChI is InChI=1S/C23H29N3O4/c1-29-19-7-5-18(6-8-19)3-2-4-21(27)26-12-9-23(10-13-26)15-20(30-22(23)28)16-25-14-11-24-17-25/h5-8,11,14,17,20H,2-4,9-10,12-13,15-16H2,1H3. The van der Waals surface area contributed by atoms with Crippen LogP contribution in [0.3, 0.4) is 0 Å². The highest BCUT2D eigenvalue weighted by Crippen LogP contribution is 2.43. The van der Waals surface area contributed by atoms with Gasteiger partial charge in [-0.1, -0.05) is 12.1 Å². The minimum atomic E-state index is -0.425. The molecule has 1 atom stereocenters. The van der Waals surface area contributed by atoms with E-state index in [1.54, 1.807) is 19.6 Å². The monoisotopic (exact) mass is 411 g/mol. The summed E-state index contributed by atoms with van der Waals surface area (Å²) in [5, 5.41) is 0. The number of cyclic esters (lactones) is 1. The Morgan fingerprint density at radius 2 is 2.03 bits per heavy atom. The van der Waals surface area contributed by atoms with E-state index in [-0.39, 0.29) is 18.0 Å². The lowest BCUT2D eigenvalue weighted by Gasteiger charge is -2.36. The van der Waals surface area contributed by atoms with Gasteiger partial charge in [-0.15, -0.1) is 0 Å². The van der Waals surface area contributed by atoms with Crippen molar-refractivity contribution in [3.63, 3.8) is 0 Å². The molecule has 2 fully saturated rings. The molecule has 30 heavy (non-hydrogen) atoms. The van der Waals surface area contributed by atoms with E-state index >= 15 is 0 Å². The molecule has 1 amide bonds. The summed E-state index contributed by atoms with van der Waals surface area (Å²) in [4.78, 5) is 31.2. The Morgan fingerprint density at radius 1 is 1.27 bits per heavy atom. The number of rotatable bonds is 7. The minimum absolute atomic E-state index is 0.0979. The van der Waals surface area contributed by atoms with Gasteiger partial charge >= 0.3 is 5.97 Å². The minimum Gasteiger partial charge on any atom is -0.497 e. The molecule has 1 aromatic heterocycles. The van der Waals surface area contributed by atoms with Crippen LogP contribution < -0.4 is 4.74 Å². The molecule has 2 aliphatic heterocycles. The average Bonchev–Trinajstić information content (AvgIpc) is 3.37. The lowest BCUT2D eigenvalue weighted by atomic mass is 9.76. The van der Waals surface area contributed by atoms with E-state index in [9.17, 15) is 9.59 Å². The maximum absolute atomic E-state index is 12.6. The molecule has 1 aromatic carbocycles. The lowest BCUT2D eigenvalue weighted by molar-refractivity contribution is -0.152. The van der Waals surface area contributed by atoms with Gasteiger partial charge in [-0.25, -0.2) is 4.98 Å². The van der Waals surface area contributed by atoms with E-state index in [0.717, 1.165) is 25.0 Å². The van der Waals surface area contributed by atoms with Crippen LogP contribution >= 0.6 is 0 Å². The number of carbonyl (C=O) groups excluding carboxylic acids is 2. The van der Waals surface area contributed by atoms with Crippen molar-refractivity contribution in [1.82, 2.24) is 14.5 Å². The quantitative estimate of drug-likeness (QED) is 0.655. The fourth-order valence-corrected chi connectivity index (χ4v) is 4.56. The molecule has 1 unspecified atom stereocenters. The highest BCUT2D eigenvalue weighted by molar-refractivity contribution is 5.80. The molecule has 0 radical (unpaired) electrons. The zero-order valence-electron chi connectivity index (χ0n) is 17.5. The Bertz CT molecular complexity index is 855. The third kappa shape index (κ3) is 4.50. The van der Waals surface area contributed by atoms with Crippen molar-refractivity contribution < 1.29 is 19.1 Å². The molecule has 7 heteroatoms. The van der Waals surface area contributed by atoms with Crippen LogP contribution in [0.5, 0.6) is 5.75 Å². The topological polar surface area (TPSA) is 73.7 Å². The number of nitrogens with zero attached hydrogens (tertiary/aromatic N) is 3. The third-order valence-corrected chi connectivity index (χ3v) is 6.39. The number of piperidine rings is 1. The molecule has 4 rings (SSSR count). The fraction of sp³-hybridized carbons (Fsp3) is 0.522. The molecular formula is C23H29N3O4. The number of benzene rings is 1. The van der Waals surface area contributed by atoms with Gasteiger partial charge in [0.25, 0.3) is 0 Å². The van der Waals surface area contributed by atoms with Crippen LogP contribution in [0.2, 0.25) is 0 Å². The van der Waals surface area contributed by atoms with Crippen LogP contribution in [0.1, 0.15) is 37.7 Å². The molecule has 7 nitrogen and oxygen atoms in total. The van der Waals surface area contributed by atoms with Crippen molar-refractivity contribution >= 4 is 11.9 Å². The number of likely N-dealkylation sites (tertiary alicyclic amines) is 1. The maximum atomic E-state index is 12.6. The summed E-state index contributed by atoms with van der Waals surface area (Å²) in [6.45, 7) is 1.91. The first-order chi connectivity index (χ1) is 14.6. The smallest absolute Gasteiger partial charge is 0.312 e. The van der Waals surface area contributed by atoms with Crippen LogP contribution in [0, 0.1) is 5.41 Å². The molecule has 2 aliphatic rings. The van der Waals surface area contributed by atoms with Gasteiger partial charge in [-0.3, -0.25) is 9.59 Å². The number of hydrogen-bond donors (Lipinski definition) is 0. The molecule has 2 aromatic rings. The highest BCUT2D eigenvalue weighted by Gasteiger charge is 2.50. The lowest BCUT2D eigenvalue weighted by Crippen LogP contribution is -2.45. The van der Waals surface area contributed by atoms with E-state index in [1.165, 1.54) is 5.56 Å². The Hall–Kier alpha value is -2.83. The second-order valence-corrected chi connectivity index (χ2v) is 8.35. The number of imidazole rings is 1. The molecule has 0 aliphatic carbocycles. The highest BCUT2D eigenvalue weighted by atomic mass is 16.6. The van der Waals surface area contributed by atoms with Crippen molar-refractivity contribution in [2.24, 2.45) is 5.41 Å². The van der Waals surface area contributed by atoms with Crippen molar-refractivity contribution in [2.75, 3.05) is 20.2 Å². The number of esters is 1. The van der Waals surface area contributed by atoms with E-state index in [4.69, 9.17) is 9.47 Å². The molecule has 3 heterocycles. The van der Waals surface area contributed by atoms with Gasteiger partial charge in [0.05, 0.1) is 25.4 Å². The molecule has 2 saturated heterocycles. The van der Waals surface area contributed by atoms with E-state index in [0.29, 0.717) is 38.9 Å². The van der Waals surface area contributed by atoms with Gasteiger partial charge in [0.1, 0.15) is 11.9 Å². The summed E-state index contributed by atoms with van der Waals surface area (Å²) in [7, 11) is 1.65. The number of aromatic nitrogens is 2. The van der Waals surface area contributed by atoms with Crippen molar-refractivity contribution in [3.8, 4) is 5.75 Å². The zero-order chi connectivity index (χ0) is 21.0. The van der Waals surface area contributed by atoms with Gasteiger partial charge < -0.3 is 18.9 Å². The van der Waals surface area contributed by atoms with Gasteiger partial charge in [-0.2, -0.15) is 0 Å². The zero-order valence-corrected chi connectivity index (χ0v) is 17.5. The van der Waals surface area contributed by atoms with Gasteiger partial charge in [0, 0.05) is 38.3 Å². The summed E-state index contributed by atoms with van der Waals surface area (Å²) < 4.78 is 12.8. The summed E-state index contributed by atoms with van der Waals surface area (Å²) in [5.41, 5.74) is 0.782. The normalized spacial score (nSPS) is 20.4. The van der Waals surface area contributed by atoms with Crippen LogP contribution in [-0.2, 0) is 27.3 Å². The number of ether oxygens (including phenoxy) is 2. The third-order valence-electron chi connectivity index (χ3n) is 6.39. The molecular weight excluding hydrogens is 382 g/mol. The second kappa shape index (κ2) is 8.90. The van der Waals surface area contributed by atoms with Crippen molar-refractivity contribution in [2.45, 2.75) is 51.2 Å². The van der Waals surface area contributed by atoms with Crippen molar-refractivity contribution in [3.05, 3.63) is 48.5 Å². The number of amides is 1. The number of methoxy groups -OCH3 is 1. The first-order valence-corrected chi connectivity index (χ1v) is 10.7. The molecule has 0 N–H and O–H groups in total. The fourth-order valence-electron chi connectivity index (χ4n) is 4.56. The maximum Gasteiger partial charge on any atom is 0.312 e. The number of aryl methyl sites for hydroxylation is 1. The number of hydrogen-bond acceptors (Lipinski definition) is 5. The Balaban J connectivity index is 1.22. The summed E-state index contributed by atoms with van der Waals surface area (Å²) in [6.07, 6.45) is 9.57. The van der Waals surface area contributed by atoms with Crippen LogP contribution in [0.15, 0.2) is 43.0 Å². The van der Waals surface area contributed by atoms with Crippen LogP contribution in [-0.4, -0.2) is 52.6 Å². The van der Waals surface area contributed by atoms with Crippen LogP contribution in [0.4, 0.5) is 0 Å². The largest absolute Gasteiger partial charge is 0.497 e. The summed E-state index contributed by atoms with van der Waals surface area (Å²) >= 11 is 0. The summed E-state index contributed by atoms with van der Waals surface area (Å²) in [6, 6.07) is 7.98. The molecule has 160 valence electrons. The predicted octanol–water partition coefficient (Wildman–Crippen LogP) is 2.84. The summed E-state index contributed by atoms with van der Waals surface area (Å²) in [5.74, 6) is 0.925. The molecule has 1 spiro atoms. The van der Waals surface area contributed by atoms with Crippen LogP contribution in [0.25, 0.3) is 0 Å². The van der Waals surface area contributed by atoms with Gasteiger partial charge in [-0.05, 0) is 43.4 Å². The van der Waals surface area contributed by atoms with Crippen molar-refractivity contribution in [1.29, 1.82) is 0 Å². The van der Waals surface area contributed by atoms with E-state index in [2.05, 4.69) is 4.98 Å². The first kappa shape index (κ1) is 20.4. The van der Waals surface area contributed by atoms with E-state index in [1.807, 2.05) is 39.9 Å². The SMILES string of the molecule is COc1ccc(CCCC(=O)N2CCC3(CC2)CC(Cn2ccnc2)OC3=O)cc1. The second-order valence-electron chi connectivity index (χ2n) is 8.35. The molecule has 0 bridgehead atoms. The average molecular weight is 412 g/mol. The first-order valence-electron chi connectivity index (χ1n) is 10.7. The van der Waals surface area contributed by atoms with Gasteiger partial charge in [0.15, 0.2) is 0 Å². The predicted molar refractivity (Wildman–Crippen MR) is 111 cm³/mol. The van der Waals surface area contributed by atoms with Gasteiger partial charge in [0.2, 0.25) is 5.91 Å². The molecule has 0 saturated carbocycles. The van der Waals surface area contributed by atoms with E-state index < -0.39 is 5.41 Å². The Labute approximate surface area is 177 Å². The Morgan fingerprint density at radius 3 is 2.70 bits per heavy atom. The Kier molecular flexibility index (Phi) is 6.06. The number of carbonyl (C=O) groups is 2.